The van der Waals surface area contributed by atoms with E-state index in [9.17, 15) is 9.90 Å². The van der Waals surface area contributed by atoms with E-state index in [-0.39, 0.29) is 24.8 Å². The molecule has 4 nitrogen and oxygen atoms in total. The molecule has 3 aromatic carbocycles. The van der Waals surface area contributed by atoms with Crippen molar-refractivity contribution in [3.05, 3.63) is 119 Å². The molecule has 4 aromatic rings. The highest BCUT2D eigenvalue weighted by atomic mass is 79.9. The number of aliphatic hydroxyl groups excluding tert-OH is 1. The number of ketones is 1. The van der Waals surface area contributed by atoms with Gasteiger partial charge in [0.05, 0.1) is 0 Å². The van der Waals surface area contributed by atoms with Crippen molar-refractivity contribution in [1.29, 1.82) is 0 Å². The number of carbonyl (C=O) groups is 1. The van der Waals surface area contributed by atoms with Crippen molar-refractivity contribution in [3.63, 3.8) is 0 Å². The molecule has 33 heavy (non-hydrogen) atoms. The molecule has 0 aliphatic rings. The molecule has 0 saturated carbocycles. The van der Waals surface area contributed by atoms with Gasteiger partial charge in [-0.2, -0.15) is 0 Å². The van der Waals surface area contributed by atoms with Crippen LogP contribution in [0.1, 0.15) is 15.9 Å². The van der Waals surface area contributed by atoms with Crippen LogP contribution in [0, 0.1) is 0 Å². The van der Waals surface area contributed by atoms with Crippen LogP contribution in [0.5, 0.6) is 5.75 Å². The number of benzene rings is 3. The lowest BCUT2D eigenvalue weighted by atomic mass is 10.0. The topological polar surface area (TPSA) is 50.4 Å². The Bertz CT molecular complexity index is 1160. The summed E-state index contributed by atoms with van der Waals surface area (Å²) >= 11 is 3.37. The highest BCUT2D eigenvalue weighted by molar-refractivity contribution is 9.10. The lowest BCUT2D eigenvalue weighted by Gasteiger charge is -2.11. The van der Waals surface area contributed by atoms with Crippen molar-refractivity contribution in [2.24, 2.45) is 0 Å². The maximum Gasteiger partial charge on any atom is 0.193 e. The van der Waals surface area contributed by atoms with Gasteiger partial charge in [0.15, 0.2) is 24.7 Å². The van der Waals surface area contributed by atoms with Crippen molar-refractivity contribution in [2.75, 3.05) is 6.61 Å². The second-order valence-electron chi connectivity index (χ2n) is 7.47. The summed E-state index contributed by atoms with van der Waals surface area (Å²) in [6, 6.07) is 28.5. The first-order chi connectivity index (χ1) is 15.6. The van der Waals surface area contributed by atoms with Crippen molar-refractivity contribution < 1.29 is 31.6 Å². The summed E-state index contributed by atoms with van der Waals surface area (Å²) in [7, 11) is 0. The van der Waals surface area contributed by atoms with Gasteiger partial charge in [0.1, 0.15) is 18.5 Å². The van der Waals surface area contributed by atoms with Crippen LogP contribution in [-0.2, 0) is 6.54 Å². The Morgan fingerprint density at radius 3 is 1.97 bits per heavy atom. The maximum atomic E-state index is 12.6. The molecule has 6 heteroatoms. The lowest BCUT2D eigenvalue weighted by molar-refractivity contribution is -0.703. The van der Waals surface area contributed by atoms with Crippen LogP contribution in [0.15, 0.2) is 108 Å². The predicted octanol–water partition coefficient (Wildman–Crippen LogP) is 2.08. The SMILES string of the molecule is O=C(c1ccc(Br)cc1)c1ccc(OCC(O)C[n+]2ccc(-c3ccccc3)cc2)cc1.[Cl-]. The number of rotatable bonds is 8. The third-order valence-corrected chi connectivity index (χ3v) is 5.61. The fourth-order valence-corrected chi connectivity index (χ4v) is 3.63. The van der Waals surface area contributed by atoms with Crippen LogP contribution >= 0.6 is 15.9 Å². The Hall–Kier alpha value is -2.99. The molecule has 0 amide bonds. The number of hydrogen-bond donors (Lipinski definition) is 1. The highest BCUT2D eigenvalue weighted by Crippen LogP contribution is 2.18. The number of aromatic nitrogens is 1. The normalized spacial score (nSPS) is 11.3. The maximum absolute atomic E-state index is 12.6. The second-order valence-corrected chi connectivity index (χ2v) is 8.39. The van der Waals surface area contributed by atoms with Gasteiger partial charge in [0, 0.05) is 27.7 Å². The fourth-order valence-electron chi connectivity index (χ4n) is 3.36. The van der Waals surface area contributed by atoms with E-state index in [1.165, 1.54) is 0 Å². The van der Waals surface area contributed by atoms with Crippen molar-refractivity contribution >= 4 is 21.7 Å². The van der Waals surface area contributed by atoms with Crippen molar-refractivity contribution in [2.45, 2.75) is 12.6 Å². The molecule has 0 bridgehead atoms. The number of ether oxygens (including phenoxy) is 1. The third-order valence-electron chi connectivity index (χ3n) is 5.09. The van der Waals surface area contributed by atoms with E-state index in [0.29, 0.717) is 23.4 Å². The summed E-state index contributed by atoms with van der Waals surface area (Å²) < 4.78 is 8.57. The van der Waals surface area contributed by atoms with E-state index in [0.717, 1.165) is 15.6 Å². The van der Waals surface area contributed by atoms with Crippen LogP contribution in [-0.4, -0.2) is 23.6 Å². The van der Waals surface area contributed by atoms with Crippen LogP contribution in [0.25, 0.3) is 11.1 Å². The first-order valence-corrected chi connectivity index (χ1v) is 11.1. The molecular weight excluding hydrogens is 502 g/mol. The zero-order valence-corrected chi connectivity index (χ0v) is 20.1. The van der Waals surface area contributed by atoms with Gasteiger partial charge in [0.2, 0.25) is 0 Å². The summed E-state index contributed by atoms with van der Waals surface area (Å²) in [5, 5.41) is 10.4. The van der Waals surface area contributed by atoms with E-state index >= 15 is 0 Å². The largest absolute Gasteiger partial charge is 1.00 e. The van der Waals surface area contributed by atoms with E-state index < -0.39 is 6.10 Å². The zero-order valence-electron chi connectivity index (χ0n) is 17.8. The Balaban J connectivity index is 0.00000306. The summed E-state index contributed by atoms with van der Waals surface area (Å²) in [6.45, 7) is 0.586. The van der Waals surface area contributed by atoms with Crippen LogP contribution < -0.4 is 21.7 Å². The first kappa shape index (κ1) is 24.6. The number of nitrogens with zero attached hydrogens (tertiary/aromatic N) is 1. The van der Waals surface area contributed by atoms with E-state index in [1.54, 1.807) is 36.4 Å². The van der Waals surface area contributed by atoms with Gasteiger partial charge in [-0.1, -0.05) is 46.3 Å². The molecule has 0 aliphatic heterocycles. The van der Waals surface area contributed by atoms with Crippen LogP contribution in [0.4, 0.5) is 0 Å². The Labute approximate surface area is 208 Å². The molecule has 1 N–H and O–H groups in total. The van der Waals surface area contributed by atoms with Gasteiger partial charge in [-0.05, 0) is 59.7 Å². The van der Waals surface area contributed by atoms with Gasteiger partial charge in [-0.15, -0.1) is 0 Å². The molecule has 168 valence electrons. The third kappa shape index (κ3) is 6.75. The molecule has 1 atom stereocenters. The highest BCUT2D eigenvalue weighted by Gasteiger charge is 2.13. The van der Waals surface area contributed by atoms with Gasteiger partial charge < -0.3 is 22.3 Å². The number of aliphatic hydroxyl groups is 1. The molecule has 1 heterocycles. The summed E-state index contributed by atoms with van der Waals surface area (Å²) in [4.78, 5) is 12.6. The number of carbonyl (C=O) groups excluding carboxylic acids is 1. The second kappa shape index (κ2) is 11.8. The standard InChI is InChI=1S/C27H23BrNO3.ClH/c28-24-10-6-22(7-11-24)27(31)23-8-12-26(13-9-23)32-19-25(30)18-29-16-14-21(15-17-29)20-4-2-1-3-5-20;/h1-17,25,30H,18-19H2;1H/q+1;/p-1. The molecule has 0 spiro atoms. The smallest absolute Gasteiger partial charge is 0.193 e. The molecule has 0 aliphatic carbocycles. The van der Waals surface area contributed by atoms with E-state index in [4.69, 9.17) is 4.74 Å². The predicted molar refractivity (Wildman–Crippen MR) is 128 cm³/mol. The molecule has 0 fully saturated rings. The van der Waals surface area contributed by atoms with Crippen molar-refractivity contribution in [3.8, 4) is 16.9 Å². The number of halogens is 2. The number of pyridine rings is 1. The molecule has 0 radical (unpaired) electrons. The van der Waals surface area contributed by atoms with E-state index in [2.05, 4.69) is 28.1 Å². The Morgan fingerprint density at radius 2 is 1.36 bits per heavy atom. The average molecular weight is 525 g/mol. The van der Waals surface area contributed by atoms with Gasteiger partial charge >= 0.3 is 0 Å². The minimum absolute atomic E-state index is 0. The Kier molecular flexibility index (Phi) is 8.78. The quantitative estimate of drug-likeness (QED) is 0.284. The van der Waals surface area contributed by atoms with Gasteiger partial charge in [-0.3, -0.25) is 4.79 Å². The molecular formula is C27H23BrClNO3. The van der Waals surface area contributed by atoms with Crippen molar-refractivity contribution in [1.82, 2.24) is 0 Å². The average Bonchev–Trinajstić information content (AvgIpc) is 2.84. The van der Waals surface area contributed by atoms with Crippen LogP contribution in [0.2, 0.25) is 0 Å². The summed E-state index contributed by atoms with van der Waals surface area (Å²) in [6.07, 6.45) is 3.24. The molecule has 4 rings (SSSR count). The minimum Gasteiger partial charge on any atom is -1.00 e. The lowest BCUT2D eigenvalue weighted by Crippen LogP contribution is -3.00. The monoisotopic (exact) mass is 523 g/mol. The van der Waals surface area contributed by atoms with Crippen LogP contribution in [0.3, 0.4) is 0 Å². The molecule has 0 saturated heterocycles. The Morgan fingerprint density at radius 1 is 0.818 bits per heavy atom. The zero-order chi connectivity index (χ0) is 22.3. The minimum atomic E-state index is -0.661. The van der Waals surface area contributed by atoms with Gasteiger partial charge in [0.25, 0.3) is 0 Å². The molecule has 1 unspecified atom stereocenters. The number of hydrogen-bond acceptors (Lipinski definition) is 3. The van der Waals surface area contributed by atoms with E-state index in [1.807, 2.05) is 59.4 Å². The summed E-state index contributed by atoms with van der Waals surface area (Å²) in [5.41, 5.74) is 3.51. The summed E-state index contributed by atoms with van der Waals surface area (Å²) in [5.74, 6) is 0.570. The first-order valence-electron chi connectivity index (χ1n) is 10.3. The fraction of sp³-hybridized carbons (Fsp3) is 0.111. The molecule has 1 aromatic heterocycles. The van der Waals surface area contributed by atoms with Gasteiger partial charge in [-0.25, -0.2) is 4.57 Å².